The Bertz CT molecular complexity index is 1060. The van der Waals surface area contributed by atoms with Crippen LogP contribution in [0.5, 0.6) is 0 Å². The second-order valence-electron chi connectivity index (χ2n) is 10.4. The number of aliphatic hydroxyl groups is 3. The first-order valence-electron chi connectivity index (χ1n) is 12.0. The van der Waals surface area contributed by atoms with Crippen LogP contribution in [0.1, 0.15) is 39.7 Å². The molecule has 1 aromatic carbocycles. The number of benzene rings is 1. The number of ketones is 1. The molecular weight excluding hydrogens is 430 g/mol. The predicted octanol–water partition coefficient (Wildman–Crippen LogP) is 2.49. The van der Waals surface area contributed by atoms with Gasteiger partial charge < -0.3 is 20.6 Å². The Morgan fingerprint density at radius 1 is 1.06 bits per heavy atom. The van der Waals surface area contributed by atoms with Crippen molar-refractivity contribution in [3.05, 3.63) is 71.3 Å². The van der Waals surface area contributed by atoms with Gasteiger partial charge in [-0.05, 0) is 50.8 Å². The van der Waals surface area contributed by atoms with Crippen LogP contribution in [0.3, 0.4) is 0 Å². The summed E-state index contributed by atoms with van der Waals surface area (Å²) in [4.78, 5) is 26.6. The van der Waals surface area contributed by atoms with Crippen molar-refractivity contribution >= 4 is 11.7 Å². The molecule has 0 unspecified atom stereocenters. The summed E-state index contributed by atoms with van der Waals surface area (Å²) < 4.78 is 0. The van der Waals surface area contributed by atoms with Crippen LogP contribution in [-0.2, 0) is 16.0 Å². The number of hydrogen-bond donors (Lipinski definition) is 4. The Morgan fingerprint density at radius 3 is 2.41 bits per heavy atom. The third-order valence-electron chi connectivity index (χ3n) is 8.22. The first-order chi connectivity index (χ1) is 16.0. The Kier molecular flexibility index (Phi) is 6.44. The van der Waals surface area contributed by atoms with E-state index in [1.807, 2.05) is 44.2 Å². The second kappa shape index (κ2) is 8.91. The van der Waals surface area contributed by atoms with Gasteiger partial charge in [0.2, 0.25) is 5.91 Å². The van der Waals surface area contributed by atoms with E-state index in [1.54, 1.807) is 19.1 Å². The number of nitrogens with one attached hydrogen (secondary N) is 1. The molecule has 0 bridgehead atoms. The van der Waals surface area contributed by atoms with Gasteiger partial charge in [0.1, 0.15) is 5.60 Å². The Balaban J connectivity index is 1.89. The van der Waals surface area contributed by atoms with Gasteiger partial charge in [0, 0.05) is 23.8 Å². The zero-order valence-corrected chi connectivity index (χ0v) is 20.2. The molecule has 0 radical (unpaired) electrons. The summed E-state index contributed by atoms with van der Waals surface area (Å²) in [6, 6.07) is 9.60. The number of aliphatic hydroxyl groups excluding tert-OH is 2. The minimum atomic E-state index is -1.77. The highest BCUT2D eigenvalue weighted by Crippen LogP contribution is 2.56. The first kappa shape index (κ1) is 24.6. The minimum absolute atomic E-state index is 0.275. The fourth-order valence-corrected chi connectivity index (χ4v) is 6.25. The lowest BCUT2D eigenvalue weighted by molar-refractivity contribution is -0.141. The van der Waals surface area contributed by atoms with Crippen LogP contribution in [0.2, 0.25) is 0 Å². The lowest BCUT2D eigenvalue weighted by Crippen LogP contribution is -2.57. The van der Waals surface area contributed by atoms with Crippen molar-refractivity contribution in [3.8, 4) is 0 Å². The molecule has 2 aliphatic carbocycles. The van der Waals surface area contributed by atoms with Crippen molar-refractivity contribution in [2.45, 2.75) is 64.4 Å². The molecule has 1 aliphatic heterocycles. The average Bonchev–Trinajstić information content (AvgIpc) is 3.09. The van der Waals surface area contributed by atoms with E-state index in [0.29, 0.717) is 12.8 Å². The van der Waals surface area contributed by atoms with Crippen LogP contribution < -0.4 is 5.32 Å². The van der Waals surface area contributed by atoms with Crippen LogP contribution in [-0.4, -0.2) is 50.9 Å². The first-order valence-corrected chi connectivity index (χ1v) is 12.0. The number of rotatable bonds is 2. The van der Waals surface area contributed by atoms with Gasteiger partial charge in [0.05, 0.1) is 17.6 Å². The quantitative estimate of drug-likeness (QED) is 0.502. The average molecular weight is 466 g/mol. The van der Waals surface area contributed by atoms with E-state index in [9.17, 15) is 24.9 Å². The number of hydrogen-bond acceptors (Lipinski definition) is 5. The molecule has 6 heteroatoms. The van der Waals surface area contributed by atoms with Gasteiger partial charge in [0.15, 0.2) is 5.78 Å². The summed E-state index contributed by atoms with van der Waals surface area (Å²) in [7, 11) is 0. The van der Waals surface area contributed by atoms with Gasteiger partial charge in [-0.15, -0.1) is 0 Å². The lowest BCUT2D eigenvalue weighted by atomic mass is 9.54. The van der Waals surface area contributed by atoms with Gasteiger partial charge in [0.25, 0.3) is 0 Å². The highest BCUT2D eigenvalue weighted by molar-refractivity contribution is 5.91. The molecule has 1 aromatic rings. The summed E-state index contributed by atoms with van der Waals surface area (Å²) >= 11 is 0. The third kappa shape index (κ3) is 3.78. The second-order valence-corrected chi connectivity index (χ2v) is 10.4. The van der Waals surface area contributed by atoms with Gasteiger partial charge in [-0.25, -0.2) is 0 Å². The van der Waals surface area contributed by atoms with Crippen molar-refractivity contribution in [1.82, 2.24) is 5.32 Å². The van der Waals surface area contributed by atoms with E-state index in [2.05, 4.69) is 5.32 Å². The third-order valence-corrected chi connectivity index (χ3v) is 8.22. The Labute approximate surface area is 201 Å². The maximum atomic E-state index is 13.8. The molecule has 1 heterocycles. The molecule has 1 saturated heterocycles. The van der Waals surface area contributed by atoms with E-state index >= 15 is 0 Å². The van der Waals surface area contributed by atoms with Gasteiger partial charge in [-0.3, -0.25) is 9.59 Å². The molecular formula is C28H35NO5. The van der Waals surface area contributed by atoms with Crippen LogP contribution in [0.15, 0.2) is 65.8 Å². The van der Waals surface area contributed by atoms with Crippen molar-refractivity contribution in [1.29, 1.82) is 0 Å². The molecule has 1 amide bonds. The molecule has 1 spiro atoms. The number of carbonyl (C=O) groups is 2. The van der Waals surface area contributed by atoms with Gasteiger partial charge >= 0.3 is 0 Å². The highest BCUT2D eigenvalue weighted by atomic mass is 16.3. The lowest BCUT2D eigenvalue weighted by Gasteiger charge is -2.49. The Morgan fingerprint density at radius 2 is 1.74 bits per heavy atom. The standard InChI is InChI=1S/C28H35NO5/c1-16-9-8-12-20-24(31)18(3)17(2)23-21(15-19-10-6-5-7-11-19)29-26(33)28(20,23)22(30)13-14-27(4,34)25(16)32/h5-8,10-14,16,20-24,30-31,34H,9,15H2,1-4H3,(H,29,33)/t16-,20-,21-,22+,23-,24+,27+,28+/m0/s1. The molecule has 4 rings (SSSR count). The summed E-state index contributed by atoms with van der Waals surface area (Å²) in [5.74, 6) is -2.21. The predicted molar refractivity (Wildman–Crippen MR) is 130 cm³/mol. The molecule has 6 nitrogen and oxygen atoms in total. The maximum absolute atomic E-state index is 13.8. The van der Waals surface area contributed by atoms with Crippen LogP contribution >= 0.6 is 0 Å². The summed E-state index contributed by atoms with van der Waals surface area (Å²) in [6.07, 6.45) is 4.93. The smallest absolute Gasteiger partial charge is 0.230 e. The zero-order chi connectivity index (χ0) is 24.8. The van der Waals surface area contributed by atoms with Crippen molar-refractivity contribution < 1.29 is 24.9 Å². The molecule has 4 N–H and O–H groups in total. The fourth-order valence-electron chi connectivity index (χ4n) is 6.25. The topological polar surface area (TPSA) is 107 Å². The van der Waals surface area contributed by atoms with E-state index in [4.69, 9.17) is 0 Å². The minimum Gasteiger partial charge on any atom is -0.388 e. The molecule has 8 atom stereocenters. The van der Waals surface area contributed by atoms with E-state index in [1.165, 1.54) is 19.1 Å². The SMILES string of the molecule is CC1=C(C)[C@H]2[C@H](Cc3ccccc3)NC(=O)[C@]23[C@H](O)C=C[C@@](C)(O)C(=O)[C@@H](C)CC=C[C@H]3[C@@H]1O. The van der Waals surface area contributed by atoms with Gasteiger partial charge in [-0.1, -0.05) is 61.1 Å². The molecule has 182 valence electrons. The molecule has 0 aromatic heterocycles. The number of Topliss-reactive ketones (excluding diaryl/α,β-unsaturated/α-hetero) is 1. The number of amides is 1. The van der Waals surface area contributed by atoms with Crippen molar-refractivity contribution in [3.63, 3.8) is 0 Å². The van der Waals surface area contributed by atoms with E-state index < -0.39 is 35.1 Å². The number of carbonyl (C=O) groups excluding carboxylic acids is 2. The van der Waals surface area contributed by atoms with Crippen molar-refractivity contribution in [2.24, 2.45) is 23.2 Å². The summed E-state index contributed by atoms with van der Waals surface area (Å²) in [6.45, 7) is 6.95. The fraction of sp³-hybridized carbons (Fsp3) is 0.500. The number of allylic oxidation sites excluding steroid dienone is 1. The summed E-state index contributed by atoms with van der Waals surface area (Å²) in [5, 5.41) is 36.9. The Hall–Kier alpha value is -2.54. The van der Waals surface area contributed by atoms with E-state index in [0.717, 1.165) is 16.7 Å². The molecule has 3 aliphatic rings. The van der Waals surface area contributed by atoms with Crippen LogP contribution in [0.4, 0.5) is 0 Å². The summed E-state index contributed by atoms with van der Waals surface area (Å²) in [5.41, 5.74) is -0.394. The van der Waals surface area contributed by atoms with Crippen LogP contribution in [0.25, 0.3) is 0 Å². The maximum Gasteiger partial charge on any atom is 0.230 e. The van der Waals surface area contributed by atoms with Crippen molar-refractivity contribution in [2.75, 3.05) is 0 Å². The molecule has 0 saturated carbocycles. The monoisotopic (exact) mass is 465 g/mol. The van der Waals surface area contributed by atoms with E-state index in [-0.39, 0.29) is 23.7 Å². The molecule has 34 heavy (non-hydrogen) atoms. The van der Waals surface area contributed by atoms with Crippen LogP contribution in [0, 0.1) is 23.2 Å². The highest BCUT2D eigenvalue weighted by Gasteiger charge is 2.66. The normalized spacial score (nSPS) is 40.4. The zero-order valence-electron chi connectivity index (χ0n) is 20.2. The molecule has 1 fully saturated rings. The van der Waals surface area contributed by atoms with Gasteiger partial charge in [-0.2, -0.15) is 0 Å². The largest absolute Gasteiger partial charge is 0.388 e.